The Hall–Kier alpha value is -2.51. The van der Waals surface area contributed by atoms with Crippen molar-refractivity contribution >= 4 is 17.6 Å². The molecule has 0 aliphatic rings. The Morgan fingerprint density at radius 2 is 2.09 bits per heavy atom. The lowest BCUT2D eigenvalue weighted by Crippen LogP contribution is -2.36. The van der Waals surface area contributed by atoms with Gasteiger partial charge in [-0.05, 0) is 12.8 Å². The summed E-state index contributed by atoms with van der Waals surface area (Å²) in [6.45, 7) is 5.81. The molecule has 0 fully saturated rings. The van der Waals surface area contributed by atoms with Crippen LogP contribution in [0.15, 0.2) is 12.3 Å². The molecule has 0 atom stereocenters. The molecular weight excluding hydrogens is 290 g/mol. The number of pyridine rings is 1. The van der Waals surface area contributed by atoms with Crippen LogP contribution in [-0.4, -0.2) is 44.9 Å². The van der Waals surface area contributed by atoms with E-state index in [2.05, 4.69) is 4.98 Å². The summed E-state index contributed by atoms with van der Waals surface area (Å²) in [4.78, 5) is 38.7. The van der Waals surface area contributed by atoms with E-state index in [0.29, 0.717) is 12.2 Å². The first-order valence-electron chi connectivity index (χ1n) is 6.84. The maximum absolute atomic E-state index is 12.6. The summed E-state index contributed by atoms with van der Waals surface area (Å²) in [5.74, 6) is -1.30. The van der Waals surface area contributed by atoms with E-state index in [1.807, 2.05) is 13.8 Å². The minimum Gasteiger partial charge on any atom is -0.481 e. The van der Waals surface area contributed by atoms with Crippen molar-refractivity contribution in [2.75, 3.05) is 13.1 Å². The van der Waals surface area contributed by atoms with Crippen LogP contribution in [-0.2, 0) is 4.79 Å². The van der Waals surface area contributed by atoms with Crippen molar-refractivity contribution < 1.29 is 19.6 Å². The highest BCUT2D eigenvalue weighted by Crippen LogP contribution is 2.17. The van der Waals surface area contributed by atoms with Crippen LogP contribution in [0.25, 0.3) is 0 Å². The Kier molecular flexibility index (Phi) is 5.97. The smallest absolute Gasteiger partial charge is 0.305 e. The molecule has 120 valence electrons. The zero-order chi connectivity index (χ0) is 16.9. The Bertz CT molecular complexity index is 586. The van der Waals surface area contributed by atoms with Gasteiger partial charge in [-0.25, -0.2) is 0 Å². The van der Waals surface area contributed by atoms with Crippen molar-refractivity contribution in [3.8, 4) is 0 Å². The zero-order valence-electron chi connectivity index (χ0n) is 12.8. The number of carboxylic acids is 1. The van der Waals surface area contributed by atoms with Gasteiger partial charge in [-0.15, -0.1) is 0 Å². The number of nitrogens with zero attached hydrogens (tertiary/aromatic N) is 3. The van der Waals surface area contributed by atoms with Crippen LogP contribution < -0.4 is 0 Å². The summed E-state index contributed by atoms with van der Waals surface area (Å²) in [7, 11) is 0. The van der Waals surface area contributed by atoms with Crippen LogP contribution in [0.5, 0.6) is 0 Å². The van der Waals surface area contributed by atoms with Crippen molar-refractivity contribution in [1.29, 1.82) is 0 Å². The number of aliphatic carboxylic acids is 1. The molecular formula is C14H19N3O5. The average Bonchev–Trinajstić information content (AvgIpc) is 2.42. The van der Waals surface area contributed by atoms with Gasteiger partial charge in [-0.1, -0.05) is 13.8 Å². The second-order valence-corrected chi connectivity index (χ2v) is 5.37. The van der Waals surface area contributed by atoms with Gasteiger partial charge >= 0.3 is 5.97 Å². The number of hydrogen-bond acceptors (Lipinski definition) is 5. The summed E-state index contributed by atoms with van der Waals surface area (Å²) in [5.41, 5.74) is 0.233. The Morgan fingerprint density at radius 3 is 2.59 bits per heavy atom. The summed E-state index contributed by atoms with van der Waals surface area (Å²) in [5, 5.41) is 19.6. The Balaban J connectivity index is 3.08. The molecule has 1 N–H and O–H groups in total. The summed E-state index contributed by atoms with van der Waals surface area (Å²) in [6.07, 6.45) is 0.913. The molecule has 0 aromatic carbocycles. The lowest BCUT2D eigenvalue weighted by atomic mass is 10.1. The number of aryl methyl sites for hydroxylation is 1. The number of hydrogen-bond donors (Lipinski definition) is 1. The minimum atomic E-state index is -1.00. The van der Waals surface area contributed by atoms with E-state index in [4.69, 9.17) is 5.11 Å². The molecule has 1 aromatic rings. The molecule has 1 rings (SSSR count). The molecule has 0 saturated carbocycles. The maximum atomic E-state index is 12.6. The van der Waals surface area contributed by atoms with Gasteiger partial charge in [0.1, 0.15) is 6.20 Å². The maximum Gasteiger partial charge on any atom is 0.305 e. The van der Waals surface area contributed by atoms with E-state index >= 15 is 0 Å². The summed E-state index contributed by atoms with van der Waals surface area (Å²) < 4.78 is 0. The zero-order valence-corrected chi connectivity index (χ0v) is 12.8. The van der Waals surface area contributed by atoms with E-state index in [-0.39, 0.29) is 30.1 Å². The lowest BCUT2D eigenvalue weighted by molar-refractivity contribution is -0.385. The average molecular weight is 309 g/mol. The number of nitro groups is 1. The van der Waals surface area contributed by atoms with E-state index in [9.17, 15) is 19.7 Å². The monoisotopic (exact) mass is 309 g/mol. The Morgan fingerprint density at radius 1 is 1.45 bits per heavy atom. The number of carbonyl (C=O) groups excluding carboxylic acids is 1. The molecule has 0 spiro atoms. The first-order chi connectivity index (χ1) is 10.2. The van der Waals surface area contributed by atoms with Gasteiger partial charge in [0.2, 0.25) is 0 Å². The highest BCUT2D eigenvalue weighted by molar-refractivity contribution is 5.96. The van der Waals surface area contributed by atoms with Crippen molar-refractivity contribution in [3.05, 3.63) is 33.6 Å². The molecule has 0 bridgehead atoms. The van der Waals surface area contributed by atoms with Crippen LogP contribution in [0.4, 0.5) is 5.69 Å². The predicted molar refractivity (Wildman–Crippen MR) is 78.6 cm³/mol. The molecule has 0 unspecified atom stereocenters. The van der Waals surface area contributed by atoms with Crippen molar-refractivity contribution in [3.63, 3.8) is 0 Å². The van der Waals surface area contributed by atoms with Gasteiger partial charge < -0.3 is 10.0 Å². The standard InChI is InChI=1S/C14H19N3O5/c1-9(2)8-16(5-4-13(18)19)14(20)12-6-11(17(21)22)7-15-10(12)3/h6-7,9H,4-5,8H2,1-3H3,(H,18,19). The first-order valence-corrected chi connectivity index (χ1v) is 6.84. The number of carboxylic acid groups (broad SMARTS) is 1. The van der Waals surface area contributed by atoms with Crippen molar-refractivity contribution in [2.45, 2.75) is 27.2 Å². The summed E-state index contributed by atoms with van der Waals surface area (Å²) >= 11 is 0. The van der Waals surface area contributed by atoms with Gasteiger partial charge in [-0.3, -0.25) is 24.7 Å². The van der Waals surface area contributed by atoms with Gasteiger partial charge in [0, 0.05) is 19.2 Å². The second-order valence-electron chi connectivity index (χ2n) is 5.37. The molecule has 8 nitrogen and oxygen atoms in total. The van der Waals surface area contributed by atoms with Gasteiger partial charge in [0.05, 0.1) is 22.6 Å². The number of amides is 1. The second kappa shape index (κ2) is 7.48. The highest BCUT2D eigenvalue weighted by atomic mass is 16.6. The van der Waals surface area contributed by atoms with Crippen molar-refractivity contribution in [1.82, 2.24) is 9.88 Å². The highest BCUT2D eigenvalue weighted by Gasteiger charge is 2.22. The quantitative estimate of drug-likeness (QED) is 0.607. The van der Waals surface area contributed by atoms with Crippen LogP contribution in [0.1, 0.15) is 36.3 Å². The molecule has 1 heterocycles. The van der Waals surface area contributed by atoms with E-state index in [0.717, 1.165) is 6.20 Å². The van der Waals surface area contributed by atoms with E-state index < -0.39 is 16.8 Å². The molecule has 0 aliphatic carbocycles. The number of rotatable bonds is 7. The molecule has 22 heavy (non-hydrogen) atoms. The molecule has 1 aromatic heterocycles. The van der Waals surface area contributed by atoms with Crippen LogP contribution in [0.3, 0.4) is 0 Å². The van der Waals surface area contributed by atoms with E-state index in [1.165, 1.54) is 11.0 Å². The van der Waals surface area contributed by atoms with Gasteiger partial charge in [0.15, 0.2) is 0 Å². The molecule has 1 amide bonds. The molecule has 8 heteroatoms. The van der Waals surface area contributed by atoms with Gasteiger partial charge in [0.25, 0.3) is 11.6 Å². The third kappa shape index (κ3) is 4.80. The van der Waals surface area contributed by atoms with Crippen LogP contribution >= 0.6 is 0 Å². The molecule has 0 saturated heterocycles. The lowest BCUT2D eigenvalue weighted by Gasteiger charge is -2.24. The topological polar surface area (TPSA) is 114 Å². The fraction of sp³-hybridized carbons (Fsp3) is 0.500. The van der Waals surface area contributed by atoms with E-state index in [1.54, 1.807) is 6.92 Å². The third-order valence-electron chi connectivity index (χ3n) is 2.98. The fourth-order valence-corrected chi connectivity index (χ4v) is 1.96. The number of aromatic nitrogens is 1. The largest absolute Gasteiger partial charge is 0.481 e. The van der Waals surface area contributed by atoms with Crippen LogP contribution in [0, 0.1) is 23.0 Å². The van der Waals surface area contributed by atoms with Crippen LogP contribution in [0.2, 0.25) is 0 Å². The fourth-order valence-electron chi connectivity index (χ4n) is 1.96. The van der Waals surface area contributed by atoms with Gasteiger partial charge in [-0.2, -0.15) is 0 Å². The predicted octanol–water partition coefficient (Wildman–Crippen LogP) is 1.87. The number of carbonyl (C=O) groups is 2. The normalized spacial score (nSPS) is 10.5. The third-order valence-corrected chi connectivity index (χ3v) is 2.98. The molecule has 0 aliphatic heterocycles. The first kappa shape index (κ1) is 17.5. The minimum absolute atomic E-state index is 0.0501. The SMILES string of the molecule is Cc1ncc([N+](=O)[O-])cc1C(=O)N(CCC(=O)O)CC(C)C. The summed E-state index contributed by atoms with van der Waals surface area (Å²) in [6, 6.07) is 1.18. The Labute approximate surface area is 127 Å². The molecule has 0 radical (unpaired) electrons. The van der Waals surface area contributed by atoms with Crippen molar-refractivity contribution in [2.24, 2.45) is 5.92 Å².